The van der Waals surface area contributed by atoms with E-state index in [0.29, 0.717) is 5.69 Å². The highest BCUT2D eigenvalue weighted by atomic mass is 19.1. The summed E-state index contributed by atoms with van der Waals surface area (Å²) in [6, 6.07) is 10.1. The molecule has 0 atom stereocenters. The lowest BCUT2D eigenvalue weighted by atomic mass is 10.1. The van der Waals surface area contributed by atoms with Crippen LogP contribution in [-0.4, -0.2) is 15.8 Å². The van der Waals surface area contributed by atoms with E-state index in [2.05, 4.69) is 4.98 Å². The predicted octanol–water partition coefficient (Wildman–Crippen LogP) is 3.19. The van der Waals surface area contributed by atoms with Gasteiger partial charge in [-0.25, -0.2) is 4.39 Å². The SMILES string of the molecule is Cn1c(-c2cccnc2C=O)cc2cc(F)ccc21. The third-order valence-electron chi connectivity index (χ3n) is 3.23. The molecule has 0 saturated heterocycles. The quantitative estimate of drug-likeness (QED) is 0.658. The van der Waals surface area contributed by atoms with Gasteiger partial charge in [-0.2, -0.15) is 0 Å². The van der Waals surface area contributed by atoms with Gasteiger partial charge in [0.2, 0.25) is 0 Å². The van der Waals surface area contributed by atoms with Crippen LogP contribution in [0.25, 0.3) is 22.2 Å². The lowest BCUT2D eigenvalue weighted by molar-refractivity contribution is 0.111. The Bertz CT molecular complexity index is 777. The number of carbonyl (C=O) groups is 1. The van der Waals surface area contributed by atoms with Crippen LogP contribution in [0, 0.1) is 5.82 Å². The number of aldehydes is 1. The van der Waals surface area contributed by atoms with Gasteiger partial charge in [-0.05, 0) is 36.4 Å². The molecule has 2 heterocycles. The zero-order chi connectivity index (χ0) is 13.4. The molecule has 0 unspecified atom stereocenters. The first-order chi connectivity index (χ1) is 9.20. The average molecular weight is 254 g/mol. The fourth-order valence-electron chi connectivity index (χ4n) is 2.31. The molecule has 19 heavy (non-hydrogen) atoms. The van der Waals surface area contributed by atoms with Crippen molar-refractivity contribution in [2.24, 2.45) is 7.05 Å². The summed E-state index contributed by atoms with van der Waals surface area (Å²) in [5, 5.41) is 0.804. The van der Waals surface area contributed by atoms with E-state index in [4.69, 9.17) is 0 Å². The Morgan fingerprint density at radius 1 is 1.26 bits per heavy atom. The Morgan fingerprint density at radius 3 is 2.89 bits per heavy atom. The lowest BCUT2D eigenvalue weighted by Gasteiger charge is -2.05. The highest BCUT2D eigenvalue weighted by molar-refractivity contribution is 5.91. The van der Waals surface area contributed by atoms with Crippen molar-refractivity contribution in [3.05, 3.63) is 54.1 Å². The molecule has 0 aliphatic heterocycles. The number of pyridine rings is 1. The molecule has 0 bridgehead atoms. The van der Waals surface area contributed by atoms with Crippen LogP contribution in [0.15, 0.2) is 42.6 Å². The Hall–Kier alpha value is -2.49. The van der Waals surface area contributed by atoms with Crippen LogP contribution >= 0.6 is 0 Å². The molecule has 1 aromatic carbocycles. The van der Waals surface area contributed by atoms with Gasteiger partial charge in [-0.15, -0.1) is 0 Å². The van der Waals surface area contributed by atoms with E-state index in [0.717, 1.165) is 28.4 Å². The van der Waals surface area contributed by atoms with Crippen LogP contribution in [0.1, 0.15) is 10.5 Å². The van der Waals surface area contributed by atoms with Gasteiger partial charge in [0.15, 0.2) is 6.29 Å². The van der Waals surface area contributed by atoms with Gasteiger partial charge < -0.3 is 4.57 Å². The number of halogens is 1. The van der Waals surface area contributed by atoms with Crippen LogP contribution in [0.5, 0.6) is 0 Å². The maximum absolute atomic E-state index is 13.2. The molecule has 0 spiro atoms. The summed E-state index contributed by atoms with van der Waals surface area (Å²) in [6.45, 7) is 0. The van der Waals surface area contributed by atoms with E-state index in [1.165, 1.54) is 12.1 Å². The normalized spacial score (nSPS) is 10.8. The Morgan fingerprint density at radius 2 is 2.11 bits per heavy atom. The minimum atomic E-state index is -0.272. The van der Waals surface area contributed by atoms with E-state index in [1.54, 1.807) is 18.3 Å². The van der Waals surface area contributed by atoms with Crippen molar-refractivity contribution in [2.45, 2.75) is 0 Å². The zero-order valence-corrected chi connectivity index (χ0v) is 10.3. The van der Waals surface area contributed by atoms with Gasteiger partial charge in [0.1, 0.15) is 11.5 Å². The predicted molar refractivity (Wildman–Crippen MR) is 71.5 cm³/mol. The third-order valence-corrected chi connectivity index (χ3v) is 3.23. The van der Waals surface area contributed by atoms with E-state index in [9.17, 15) is 9.18 Å². The maximum Gasteiger partial charge on any atom is 0.169 e. The largest absolute Gasteiger partial charge is 0.344 e. The van der Waals surface area contributed by atoms with Crippen molar-refractivity contribution >= 4 is 17.2 Å². The molecule has 3 rings (SSSR count). The molecule has 0 radical (unpaired) electrons. The Balaban J connectivity index is 2.31. The molecule has 94 valence electrons. The topological polar surface area (TPSA) is 34.9 Å². The van der Waals surface area contributed by atoms with Gasteiger partial charge in [0.05, 0.1) is 5.69 Å². The second-order valence-corrected chi connectivity index (χ2v) is 4.35. The first kappa shape index (κ1) is 11.6. The number of aromatic nitrogens is 2. The van der Waals surface area contributed by atoms with Crippen LogP contribution in [-0.2, 0) is 7.05 Å². The number of fused-ring (bicyclic) bond motifs is 1. The number of aryl methyl sites for hydroxylation is 1. The lowest BCUT2D eigenvalue weighted by Crippen LogP contribution is -1.96. The minimum absolute atomic E-state index is 0.272. The molecule has 3 aromatic rings. The van der Waals surface area contributed by atoms with E-state index < -0.39 is 0 Å². The summed E-state index contributed by atoms with van der Waals surface area (Å²) in [5.41, 5.74) is 2.89. The van der Waals surface area contributed by atoms with Crippen molar-refractivity contribution < 1.29 is 9.18 Å². The number of benzene rings is 1. The van der Waals surface area contributed by atoms with Gasteiger partial charge >= 0.3 is 0 Å². The molecular formula is C15H11FN2O. The first-order valence-electron chi connectivity index (χ1n) is 5.86. The molecule has 0 saturated carbocycles. The molecule has 0 N–H and O–H groups in total. The Kier molecular flexibility index (Phi) is 2.63. The van der Waals surface area contributed by atoms with E-state index in [1.807, 2.05) is 23.7 Å². The number of rotatable bonds is 2. The second kappa shape index (κ2) is 4.31. The minimum Gasteiger partial charge on any atom is -0.344 e. The van der Waals surface area contributed by atoms with E-state index in [-0.39, 0.29) is 5.82 Å². The highest BCUT2D eigenvalue weighted by Crippen LogP contribution is 2.28. The van der Waals surface area contributed by atoms with Crippen LogP contribution < -0.4 is 0 Å². The standard InChI is InChI=1S/C15H11FN2O/c1-18-14-5-4-11(16)7-10(14)8-15(18)12-3-2-6-17-13(12)9-19/h2-9H,1H3. The van der Waals surface area contributed by atoms with Crippen molar-refractivity contribution in [2.75, 3.05) is 0 Å². The highest BCUT2D eigenvalue weighted by Gasteiger charge is 2.12. The maximum atomic E-state index is 13.2. The van der Waals surface area contributed by atoms with Crippen LogP contribution in [0.4, 0.5) is 4.39 Å². The molecule has 2 aromatic heterocycles. The first-order valence-corrected chi connectivity index (χ1v) is 5.86. The summed E-state index contributed by atoms with van der Waals surface area (Å²) in [5.74, 6) is -0.272. The van der Waals surface area contributed by atoms with Crippen molar-refractivity contribution in [1.29, 1.82) is 0 Å². The molecule has 0 amide bonds. The fraction of sp³-hybridized carbons (Fsp3) is 0.0667. The molecule has 0 aliphatic carbocycles. The fourth-order valence-corrected chi connectivity index (χ4v) is 2.31. The molecule has 0 fully saturated rings. The average Bonchev–Trinajstić information content (AvgIpc) is 2.75. The summed E-state index contributed by atoms with van der Waals surface area (Å²) < 4.78 is 15.2. The second-order valence-electron chi connectivity index (χ2n) is 4.35. The number of hydrogen-bond donors (Lipinski definition) is 0. The van der Waals surface area contributed by atoms with E-state index >= 15 is 0 Å². The summed E-state index contributed by atoms with van der Waals surface area (Å²) in [6.07, 6.45) is 2.31. The van der Waals surface area contributed by atoms with Gasteiger partial charge in [-0.1, -0.05) is 0 Å². The monoisotopic (exact) mass is 254 g/mol. The third kappa shape index (κ3) is 1.81. The number of hydrogen-bond acceptors (Lipinski definition) is 2. The van der Waals surface area contributed by atoms with Gasteiger partial charge in [0.25, 0.3) is 0 Å². The van der Waals surface area contributed by atoms with Gasteiger partial charge in [0, 0.05) is 29.7 Å². The number of nitrogens with zero attached hydrogens (tertiary/aromatic N) is 2. The Labute approximate surface area is 109 Å². The summed E-state index contributed by atoms with van der Waals surface area (Å²) in [4.78, 5) is 15.1. The van der Waals surface area contributed by atoms with Gasteiger partial charge in [-0.3, -0.25) is 9.78 Å². The molecule has 3 nitrogen and oxygen atoms in total. The van der Waals surface area contributed by atoms with Crippen LogP contribution in [0.2, 0.25) is 0 Å². The molecule has 4 heteroatoms. The molecule has 0 aliphatic rings. The smallest absolute Gasteiger partial charge is 0.169 e. The zero-order valence-electron chi connectivity index (χ0n) is 10.3. The van der Waals surface area contributed by atoms with Crippen molar-refractivity contribution in [1.82, 2.24) is 9.55 Å². The van der Waals surface area contributed by atoms with Crippen molar-refractivity contribution in [3.8, 4) is 11.3 Å². The summed E-state index contributed by atoms with van der Waals surface area (Å²) in [7, 11) is 1.89. The van der Waals surface area contributed by atoms with Crippen molar-refractivity contribution in [3.63, 3.8) is 0 Å². The summed E-state index contributed by atoms with van der Waals surface area (Å²) >= 11 is 0. The molecular weight excluding hydrogens is 243 g/mol. The number of carbonyl (C=O) groups excluding carboxylic acids is 1. The van der Waals surface area contributed by atoms with Crippen LogP contribution in [0.3, 0.4) is 0 Å².